The minimum absolute atomic E-state index is 0.0357. The van der Waals surface area contributed by atoms with Gasteiger partial charge in [-0.1, -0.05) is 12.1 Å². The molecule has 0 saturated heterocycles. The Balaban J connectivity index is 1.97. The molecule has 0 radical (unpaired) electrons. The summed E-state index contributed by atoms with van der Waals surface area (Å²) in [6.45, 7) is 1.57. The molecule has 4 rings (SSSR count). The van der Waals surface area contributed by atoms with Gasteiger partial charge in [-0.05, 0) is 43.3 Å². The number of para-hydroxylation sites is 1. The molecule has 3 aromatic rings. The number of benzene rings is 3. The molecular formula is C31H32F3NO8. The third-order valence-corrected chi connectivity index (χ3v) is 6.97. The van der Waals surface area contributed by atoms with Gasteiger partial charge in [-0.3, -0.25) is 9.59 Å². The standard InChI is InChI=1S/C31H32F3NO8/c1-6-42-27(36)16-26-30(37)35(17-18-10-12-20(38-2)15-25(18)40-4)23-13-11-19(31(32,33)34)14-22(23)28(43-26)21-8-7-9-24(39-3)29(21)41-5/h7-15,26,28H,6,16-17H2,1-5H3/t26-,28-/m1/s1. The molecule has 0 bridgehead atoms. The summed E-state index contributed by atoms with van der Waals surface area (Å²) in [5.41, 5.74) is 0.0772. The van der Waals surface area contributed by atoms with Crippen molar-refractivity contribution in [2.75, 3.05) is 39.9 Å². The number of alkyl halides is 3. The summed E-state index contributed by atoms with van der Waals surface area (Å²) in [6.07, 6.45) is -7.87. The van der Waals surface area contributed by atoms with E-state index in [9.17, 15) is 22.8 Å². The summed E-state index contributed by atoms with van der Waals surface area (Å²) in [6, 6.07) is 12.9. The zero-order valence-corrected chi connectivity index (χ0v) is 24.3. The van der Waals surface area contributed by atoms with Crippen LogP contribution in [0.25, 0.3) is 0 Å². The van der Waals surface area contributed by atoms with Crippen LogP contribution < -0.4 is 23.8 Å². The Morgan fingerprint density at radius 2 is 1.65 bits per heavy atom. The van der Waals surface area contributed by atoms with E-state index in [0.29, 0.717) is 28.4 Å². The van der Waals surface area contributed by atoms with Crippen LogP contribution in [0.3, 0.4) is 0 Å². The molecule has 230 valence electrons. The second-order valence-electron chi connectivity index (χ2n) is 9.47. The average molecular weight is 604 g/mol. The maximum Gasteiger partial charge on any atom is 0.416 e. The monoisotopic (exact) mass is 603 g/mol. The maximum absolute atomic E-state index is 14.2. The van der Waals surface area contributed by atoms with Crippen LogP contribution in [-0.4, -0.2) is 53.0 Å². The van der Waals surface area contributed by atoms with Crippen LogP contribution in [0.5, 0.6) is 23.0 Å². The van der Waals surface area contributed by atoms with Gasteiger partial charge in [0.05, 0.1) is 59.3 Å². The van der Waals surface area contributed by atoms with E-state index in [1.807, 2.05) is 0 Å². The summed E-state index contributed by atoms with van der Waals surface area (Å²) in [7, 11) is 5.74. The number of hydrogen-bond donors (Lipinski definition) is 0. The van der Waals surface area contributed by atoms with E-state index in [1.165, 1.54) is 39.4 Å². The van der Waals surface area contributed by atoms with Gasteiger partial charge in [-0.15, -0.1) is 0 Å². The van der Waals surface area contributed by atoms with E-state index in [1.54, 1.807) is 43.3 Å². The average Bonchev–Trinajstić information content (AvgIpc) is 3.10. The van der Waals surface area contributed by atoms with Crippen molar-refractivity contribution in [1.82, 2.24) is 0 Å². The Labute approximate surface area is 247 Å². The Kier molecular flexibility index (Phi) is 9.70. The van der Waals surface area contributed by atoms with Crippen molar-refractivity contribution in [2.45, 2.75) is 38.3 Å². The summed E-state index contributed by atoms with van der Waals surface area (Å²) in [4.78, 5) is 28.1. The molecule has 0 fully saturated rings. The molecule has 3 aromatic carbocycles. The lowest BCUT2D eigenvalue weighted by molar-refractivity contribution is -0.151. The highest BCUT2D eigenvalue weighted by Gasteiger charge is 2.41. The molecule has 0 N–H and O–H groups in total. The molecule has 12 heteroatoms. The highest BCUT2D eigenvalue weighted by Crippen LogP contribution is 2.46. The molecule has 2 atom stereocenters. The molecule has 0 aromatic heterocycles. The maximum atomic E-state index is 14.2. The van der Waals surface area contributed by atoms with Crippen LogP contribution in [0.2, 0.25) is 0 Å². The minimum atomic E-state index is -4.69. The molecule has 1 aliphatic heterocycles. The topological polar surface area (TPSA) is 92.8 Å². The first-order valence-corrected chi connectivity index (χ1v) is 13.3. The number of amides is 1. The third-order valence-electron chi connectivity index (χ3n) is 6.97. The van der Waals surface area contributed by atoms with E-state index in [4.69, 9.17) is 28.4 Å². The summed E-state index contributed by atoms with van der Waals surface area (Å²) < 4.78 is 75.2. The van der Waals surface area contributed by atoms with Crippen molar-refractivity contribution in [3.05, 3.63) is 76.9 Å². The SMILES string of the molecule is CCOC(=O)C[C@H]1O[C@H](c2cccc(OC)c2OC)c2cc(C(F)(F)F)ccc2N(Cc2ccc(OC)cc2OC)C1=O. The summed E-state index contributed by atoms with van der Waals surface area (Å²) in [5, 5.41) is 0. The highest BCUT2D eigenvalue weighted by atomic mass is 19.4. The van der Waals surface area contributed by atoms with Gasteiger partial charge in [-0.25, -0.2) is 0 Å². The number of methoxy groups -OCH3 is 4. The first kappa shape index (κ1) is 31.5. The second kappa shape index (κ2) is 13.2. The van der Waals surface area contributed by atoms with Gasteiger partial charge in [0.25, 0.3) is 5.91 Å². The molecule has 43 heavy (non-hydrogen) atoms. The Morgan fingerprint density at radius 3 is 2.28 bits per heavy atom. The number of anilines is 1. The van der Waals surface area contributed by atoms with Crippen LogP contribution in [0.15, 0.2) is 54.6 Å². The van der Waals surface area contributed by atoms with Crippen LogP contribution in [0.4, 0.5) is 18.9 Å². The Bertz CT molecular complexity index is 1480. The molecule has 0 unspecified atom stereocenters. The first-order valence-electron chi connectivity index (χ1n) is 13.3. The van der Waals surface area contributed by atoms with Crippen LogP contribution >= 0.6 is 0 Å². The van der Waals surface area contributed by atoms with Crippen molar-refractivity contribution < 1.29 is 51.2 Å². The molecule has 0 aliphatic carbocycles. The lowest BCUT2D eigenvalue weighted by Crippen LogP contribution is -2.40. The fourth-order valence-electron chi connectivity index (χ4n) is 4.96. The normalized spacial score (nSPS) is 16.7. The van der Waals surface area contributed by atoms with Crippen LogP contribution in [-0.2, 0) is 31.8 Å². The smallest absolute Gasteiger partial charge is 0.416 e. The number of fused-ring (bicyclic) bond motifs is 1. The third kappa shape index (κ3) is 6.64. The highest BCUT2D eigenvalue weighted by molar-refractivity contribution is 6.00. The fourth-order valence-corrected chi connectivity index (χ4v) is 4.96. The number of nitrogens with zero attached hydrogens (tertiary/aromatic N) is 1. The van der Waals surface area contributed by atoms with Gasteiger partial charge in [0.2, 0.25) is 0 Å². The minimum Gasteiger partial charge on any atom is -0.497 e. The van der Waals surface area contributed by atoms with Gasteiger partial charge < -0.3 is 33.3 Å². The lowest BCUT2D eigenvalue weighted by Gasteiger charge is -2.26. The molecule has 9 nitrogen and oxygen atoms in total. The largest absolute Gasteiger partial charge is 0.497 e. The zero-order chi connectivity index (χ0) is 31.3. The molecule has 0 spiro atoms. The van der Waals surface area contributed by atoms with Crippen molar-refractivity contribution in [2.24, 2.45) is 0 Å². The van der Waals surface area contributed by atoms with Crippen molar-refractivity contribution >= 4 is 17.6 Å². The molecular weight excluding hydrogens is 571 g/mol. The zero-order valence-electron chi connectivity index (χ0n) is 24.3. The van der Waals surface area contributed by atoms with E-state index >= 15 is 0 Å². The van der Waals surface area contributed by atoms with E-state index < -0.39 is 42.2 Å². The Hall–Kier alpha value is -4.45. The molecule has 0 saturated carbocycles. The van der Waals surface area contributed by atoms with E-state index in [-0.39, 0.29) is 30.2 Å². The van der Waals surface area contributed by atoms with Gasteiger partial charge in [0, 0.05) is 22.8 Å². The van der Waals surface area contributed by atoms with Crippen molar-refractivity contribution in [3.63, 3.8) is 0 Å². The number of carbonyl (C=O) groups excluding carboxylic acids is 2. The van der Waals surface area contributed by atoms with Crippen molar-refractivity contribution in [3.8, 4) is 23.0 Å². The van der Waals surface area contributed by atoms with E-state index in [0.717, 1.165) is 12.1 Å². The number of esters is 1. The Morgan fingerprint density at radius 1 is 0.907 bits per heavy atom. The molecule has 1 aliphatic rings. The van der Waals surface area contributed by atoms with E-state index in [2.05, 4.69) is 0 Å². The number of carbonyl (C=O) groups is 2. The molecule has 1 amide bonds. The van der Waals surface area contributed by atoms with Crippen LogP contribution in [0, 0.1) is 0 Å². The molecule has 1 heterocycles. The number of rotatable bonds is 10. The number of hydrogen-bond acceptors (Lipinski definition) is 8. The first-order chi connectivity index (χ1) is 20.6. The summed E-state index contributed by atoms with van der Waals surface area (Å²) >= 11 is 0. The number of ether oxygens (including phenoxy) is 6. The predicted molar refractivity (Wildman–Crippen MR) is 150 cm³/mol. The van der Waals surface area contributed by atoms with Gasteiger partial charge in [-0.2, -0.15) is 13.2 Å². The van der Waals surface area contributed by atoms with Gasteiger partial charge in [0.15, 0.2) is 11.5 Å². The van der Waals surface area contributed by atoms with Gasteiger partial charge in [0.1, 0.15) is 23.7 Å². The number of halogens is 3. The predicted octanol–water partition coefficient (Wildman–Crippen LogP) is 5.71. The van der Waals surface area contributed by atoms with Gasteiger partial charge >= 0.3 is 12.1 Å². The van der Waals surface area contributed by atoms with Crippen molar-refractivity contribution in [1.29, 1.82) is 0 Å². The summed E-state index contributed by atoms with van der Waals surface area (Å²) in [5.74, 6) is 0.0308. The quantitative estimate of drug-likeness (QED) is 0.272. The second-order valence-corrected chi connectivity index (χ2v) is 9.47. The lowest BCUT2D eigenvalue weighted by atomic mass is 9.95. The fraction of sp³-hybridized carbons (Fsp3) is 0.355. The van der Waals surface area contributed by atoms with Crippen LogP contribution in [0.1, 0.15) is 41.7 Å².